The number of carboxylic acid groups (broad SMARTS) is 1. The average molecular weight is 493 g/mol. The monoisotopic (exact) mass is 492 g/mol. The number of benzene rings is 3. The van der Waals surface area contributed by atoms with Crippen LogP contribution in [0.2, 0.25) is 0 Å². The van der Waals surface area contributed by atoms with Crippen LogP contribution < -0.4 is 4.90 Å². The number of rotatable bonds is 5. The summed E-state index contributed by atoms with van der Waals surface area (Å²) in [5.41, 5.74) is 9.87. The molecule has 37 heavy (non-hydrogen) atoms. The van der Waals surface area contributed by atoms with E-state index in [1.54, 1.807) is 0 Å². The third-order valence-electron chi connectivity index (χ3n) is 8.81. The fraction of sp³-hybridized carbons (Fsp3) is 0.364. The molecule has 1 N–H and O–H groups in total. The second-order valence-corrected chi connectivity index (χ2v) is 11.1. The van der Waals surface area contributed by atoms with Gasteiger partial charge in [0.15, 0.2) is 0 Å². The van der Waals surface area contributed by atoms with Crippen molar-refractivity contribution >= 4 is 22.8 Å². The molecular weight excluding hydrogens is 456 g/mol. The van der Waals surface area contributed by atoms with Crippen LogP contribution in [-0.4, -0.2) is 48.7 Å². The number of aryl methyl sites for hydroxylation is 1. The molecule has 0 atom stereocenters. The quantitative estimate of drug-likeness (QED) is 0.450. The second kappa shape index (κ2) is 10.2. The van der Waals surface area contributed by atoms with Crippen molar-refractivity contribution in [3.8, 4) is 0 Å². The molecule has 1 spiro atoms. The van der Waals surface area contributed by atoms with E-state index in [0.29, 0.717) is 5.41 Å². The minimum absolute atomic E-state index is 0.177. The zero-order valence-electron chi connectivity index (χ0n) is 21.5. The van der Waals surface area contributed by atoms with Crippen LogP contribution in [0.3, 0.4) is 0 Å². The number of hydrogen-bond donors (Lipinski definition) is 1. The average Bonchev–Trinajstić information content (AvgIpc) is 3.19. The number of hydrogen-bond acceptors (Lipinski definition) is 3. The summed E-state index contributed by atoms with van der Waals surface area (Å²) < 4.78 is 0. The molecule has 3 aliphatic rings. The standard InChI is InChI=1S/C33H36N2O2/c36-31(37)23-34-20-17-33(24-34)18-21-35(22-19-33)28-15-13-27(14-16-28)32-29-11-5-4-9-26(29)10-6-12-30(32)25-7-2-1-3-8-25/h1-5,7-9,11,13-16H,6,10,12,17-24H2,(H,36,37). The van der Waals surface area contributed by atoms with E-state index in [2.05, 4.69) is 88.7 Å². The molecule has 0 unspecified atom stereocenters. The topological polar surface area (TPSA) is 43.8 Å². The normalized spacial score (nSPS) is 19.6. The van der Waals surface area contributed by atoms with E-state index in [1.807, 2.05) is 0 Å². The van der Waals surface area contributed by atoms with E-state index >= 15 is 0 Å². The summed E-state index contributed by atoms with van der Waals surface area (Å²) in [6, 6.07) is 29.1. The van der Waals surface area contributed by atoms with E-state index in [4.69, 9.17) is 5.11 Å². The highest BCUT2D eigenvalue weighted by Gasteiger charge is 2.40. The number of carbonyl (C=O) groups is 1. The van der Waals surface area contributed by atoms with Crippen LogP contribution in [0.5, 0.6) is 0 Å². The minimum atomic E-state index is -0.712. The van der Waals surface area contributed by atoms with Gasteiger partial charge in [-0.3, -0.25) is 9.69 Å². The van der Waals surface area contributed by atoms with Gasteiger partial charge in [-0.1, -0.05) is 66.7 Å². The van der Waals surface area contributed by atoms with E-state index in [9.17, 15) is 4.79 Å². The van der Waals surface area contributed by atoms with Crippen molar-refractivity contribution in [3.05, 3.63) is 101 Å². The van der Waals surface area contributed by atoms with Crippen LogP contribution in [0.4, 0.5) is 5.69 Å². The number of piperidine rings is 1. The highest BCUT2D eigenvalue weighted by molar-refractivity contribution is 6.00. The Balaban J connectivity index is 1.25. The maximum absolute atomic E-state index is 11.1. The molecule has 2 saturated heterocycles. The lowest BCUT2D eigenvalue weighted by Gasteiger charge is -2.40. The molecule has 0 amide bonds. The molecule has 1 aliphatic carbocycles. The molecule has 0 radical (unpaired) electrons. The summed E-state index contributed by atoms with van der Waals surface area (Å²) >= 11 is 0. The van der Waals surface area contributed by atoms with Crippen molar-refractivity contribution in [2.75, 3.05) is 37.6 Å². The molecule has 2 fully saturated rings. The van der Waals surface area contributed by atoms with Crippen molar-refractivity contribution < 1.29 is 9.90 Å². The molecule has 0 saturated carbocycles. The first kappa shape index (κ1) is 24.0. The molecule has 3 aromatic carbocycles. The molecule has 6 rings (SSSR count). The molecule has 2 heterocycles. The smallest absolute Gasteiger partial charge is 0.317 e. The summed E-state index contributed by atoms with van der Waals surface area (Å²) in [6.45, 7) is 4.11. The molecule has 190 valence electrons. The Kier molecular flexibility index (Phi) is 6.60. The third-order valence-corrected chi connectivity index (χ3v) is 8.81. The predicted molar refractivity (Wildman–Crippen MR) is 151 cm³/mol. The Morgan fingerprint density at radius 3 is 2.24 bits per heavy atom. The summed E-state index contributed by atoms with van der Waals surface area (Å²) in [5.74, 6) is -0.712. The number of anilines is 1. The van der Waals surface area contributed by atoms with Crippen molar-refractivity contribution in [2.24, 2.45) is 5.41 Å². The van der Waals surface area contributed by atoms with Gasteiger partial charge in [-0.25, -0.2) is 0 Å². The van der Waals surface area contributed by atoms with Gasteiger partial charge in [0.2, 0.25) is 0 Å². The van der Waals surface area contributed by atoms with Crippen LogP contribution in [0.1, 0.15) is 54.4 Å². The van der Waals surface area contributed by atoms with Crippen LogP contribution in [0, 0.1) is 5.41 Å². The Morgan fingerprint density at radius 1 is 0.784 bits per heavy atom. The van der Waals surface area contributed by atoms with E-state index in [1.165, 1.54) is 45.5 Å². The van der Waals surface area contributed by atoms with Crippen molar-refractivity contribution in [1.82, 2.24) is 4.90 Å². The van der Waals surface area contributed by atoms with Gasteiger partial charge in [-0.2, -0.15) is 0 Å². The zero-order chi connectivity index (χ0) is 25.2. The van der Waals surface area contributed by atoms with Crippen LogP contribution in [0.25, 0.3) is 11.1 Å². The lowest BCUT2D eigenvalue weighted by atomic mass is 9.77. The Hall–Kier alpha value is -3.37. The first-order valence-corrected chi connectivity index (χ1v) is 13.8. The summed E-state index contributed by atoms with van der Waals surface area (Å²) in [4.78, 5) is 15.8. The van der Waals surface area contributed by atoms with Crippen molar-refractivity contribution in [2.45, 2.75) is 38.5 Å². The summed E-state index contributed by atoms with van der Waals surface area (Å²) in [7, 11) is 0. The van der Waals surface area contributed by atoms with Gasteiger partial charge in [-0.05, 0) is 96.0 Å². The Bertz CT molecular complexity index is 1290. The highest BCUT2D eigenvalue weighted by Crippen LogP contribution is 2.43. The SMILES string of the molecule is O=C(O)CN1CCC2(CCN(c3ccc(C4=C(c5ccccc5)CCCc5ccccc54)cc3)CC2)C1. The van der Waals surface area contributed by atoms with Crippen molar-refractivity contribution in [3.63, 3.8) is 0 Å². The third kappa shape index (κ3) is 4.95. The number of carboxylic acids is 1. The highest BCUT2D eigenvalue weighted by atomic mass is 16.4. The zero-order valence-corrected chi connectivity index (χ0v) is 21.5. The van der Waals surface area contributed by atoms with Crippen LogP contribution >= 0.6 is 0 Å². The molecule has 2 aliphatic heterocycles. The molecule has 0 aromatic heterocycles. The predicted octanol–water partition coefficient (Wildman–Crippen LogP) is 6.36. The summed E-state index contributed by atoms with van der Waals surface area (Å²) in [5, 5.41) is 9.17. The van der Waals surface area contributed by atoms with Gasteiger partial charge in [-0.15, -0.1) is 0 Å². The second-order valence-electron chi connectivity index (χ2n) is 11.1. The maximum Gasteiger partial charge on any atom is 0.317 e. The minimum Gasteiger partial charge on any atom is -0.480 e. The van der Waals surface area contributed by atoms with Gasteiger partial charge in [0.05, 0.1) is 6.54 Å². The Labute approximate surface area is 220 Å². The molecule has 4 nitrogen and oxygen atoms in total. The van der Waals surface area contributed by atoms with Gasteiger partial charge in [0.1, 0.15) is 0 Å². The largest absolute Gasteiger partial charge is 0.480 e. The van der Waals surface area contributed by atoms with Gasteiger partial charge in [0, 0.05) is 25.3 Å². The summed E-state index contributed by atoms with van der Waals surface area (Å²) in [6.07, 6.45) is 6.78. The van der Waals surface area contributed by atoms with Crippen LogP contribution in [-0.2, 0) is 11.2 Å². The molecule has 3 aromatic rings. The van der Waals surface area contributed by atoms with Crippen molar-refractivity contribution in [1.29, 1.82) is 0 Å². The molecular formula is C33H36N2O2. The molecule has 4 heteroatoms. The lowest BCUT2D eigenvalue weighted by molar-refractivity contribution is -0.138. The molecule has 0 bridgehead atoms. The fourth-order valence-corrected chi connectivity index (χ4v) is 6.82. The van der Waals surface area contributed by atoms with Gasteiger partial charge >= 0.3 is 5.97 Å². The Morgan fingerprint density at radius 2 is 1.49 bits per heavy atom. The number of fused-ring (bicyclic) bond motifs is 1. The van der Waals surface area contributed by atoms with E-state index in [0.717, 1.165) is 58.3 Å². The van der Waals surface area contributed by atoms with E-state index < -0.39 is 5.97 Å². The first-order valence-electron chi connectivity index (χ1n) is 13.8. The van der Waals surface area contributed by atoms with E-state index in [-0.39, 0.29) is 6.54 Å². The number of aliphatic carboxylic acids is 1. The van der Waals surface area contributed by atoms with Gasteiger partial charge in [0.25, 0.3) is 0 Å². The number of nitrogens with zero attached hydrogens (tertiary/aromatic N) is 2. The maximum atomic E-state index is 11.1. The van der Waals surface area contributed by atoms with Crippen LogP contribution in [0.15, 0.2) is 78.9 Å². The number of allylic oxidation sites excluding steroid dienone is 1. The number of likely N-dealkylation sites (tertiary alicyclic amines) is 1. The first-order chi connectivity index (χ1) is 18.1. The van der Waals surface area contributed by atoms with Gasteiger partial charge < -0.3 is 10.0 Å². The fourth-order valence-electron chi connectivity index (χ4n) is 6.82. The lowest BCUT2D eigenvalue weighted by Crippen LogP contribution is -2.42.